The normalized spacial score (nSPS) is 28.1. The van der Waals surface area contributed by atoms with Crippen LogP contribution in [0.15, 0.2) is 60.7 Å². The lowest BCUT2D eigenvalue weighted by Crippen LogP contribution is -2.60. The Kier molecular flexibility index (Phi) is 4.53. The van der Waals surface area contributed by atoms with Crippen molar-refractivity contribution in [1.82, 2.24) is 14.7 Å². The van der Waals surface area contributed by atoms with E-state index in [0.717, 1.165) is 46.0 Å². The number of hydrogen-bond acceptors (Lipinski definition) is 2. The smallest absolute Gasteiger partial charge is 0.258 e. The van der Waals surface area contributed by atoms with Gasteiger partial charge >= 0.3 is 0 Å². The van der Waals surface area contributed by atoms with Crippen LogP contribution in [-0.2, 0) is 0 Å². The molecule has 0 radical (unpaired) electrons. The summed E-state index contributed by atoms with van der Waals surface area (Å²) in [4.78, 5) is 16.3. The van der Waals surface area contributed by atoms with Crippen LogP contribution in [0.25, 0.3) is 16.9 Å². The molecule has 1 aromatic heterocycles. The van der Waals surface area contributed by atoms with Crippen molar-refractivity contribution in [2.75, 3.05) is 7.05 Å². The molecule has 7 rings (SSSR count). The Hall–Kier alpha value is -2.88. The monoisotopic (exact) mass is 425 g/mol. The average molecular weight is 426 g/mol. The van der Waals surface area contributed by atoms with Gasteiger partial charge in [0.05, 0.1) is 16.9 Å². The number of benzene rings is 2. The van der Waals surface area contributed by atoms with Gasteiger partial charge in [0.2, 0.25) is 0 Å². The molecule has 32 heavy (non-hydrogen) atoms. The highest BCUT2D eigenvalue weighted by Crippen LogP contribution is 2.57. The molecule has 0 atom stereocenters. The standard InChI is InChI=1S/C28H31N3O/c1-19-25(27(32)30(2)28-16-20-13-21(17-28)15-22(14-20)18-28)26(23-9-5-3-6-10-23)29-31(19)24-11-7-4-8-12-24/h3-12,20-22H,13-18H2,1-2H3. The number of rotatable bonds is 4. The molecule has 4 fully saturated rings. The van der Waals surface area contributed by atoms with Crippen molar-refractivity contribution < 1.29 is 4.79 Å². The molecule has 2 aromatic carbocycles. The molecule has 1 heterocycles. The minimum Gasteiger partial charge on any atom is -0.336 e. The van der Waals surface area contributed by atoms with Crippen molar-refractivity contribution >= 4 is 5.91 Å². The molecule has 4 saturated carbocycles. The molecule has 4 aliphatic carbocycles. The summed E-state index contributed by atoms with van der Waals surface area (Å²) < 4.78 is 1.93. The van der Waals surface area contributed by atoms with E-state index in [1.165, 1.54) is 38.5 Å². The number of carbonyl (C=O) groups excluding carboxylic acids is 1. The first-order valence-corrected chi connectivity index (χ1v) is 12.0. The molecule has 0 saturated heterocycles. The third-order valence-corrected chi connectivity index (χ3v) is 8.40. The molecule has 4 bridgehead atoms. The van der Waals surface area contributed by atoms with Gasteiger partial charge in [-0.25, -0.2) is 4.68 Å². The van der Waals surface area contributed by atoms with Crippen LogP contribution in [0.2, 0.25) is 0 Å². The first kappa shape index (κ1) is 19.8. The van der Waals surface area contributed by atoms with Crippen molar-refractivity contribution in [2.24, 2.45) is 17.8 Å². The van der Waals surface area contributed by atoms with Crippen LogP contribution in [0.5, 0.6) is 0 Å². The maximum Gasteiger partial charge on any atom is 0.258 e. The summed E-state index contributed by atoms with van der Waals surface area (Å²) in [5.74, 6) is 2.54. The minimum absolute atomic E-state index is 0.0288. The molecule has 0 unspecified atom stereocenters. The Labute approximate surface area is 190 Å². The van der Waals surface area contributed by atoms with Crippen LogP contribution in [0.1, 0.15) is 54.6 Å². The van der Waals surface area contributed by atoms with Gasteiger partial charge in [-0.05, 0) is 75.3 Å². The fraction of sp³-hybridized carbons (Fsp3) is 0.429. The molecule has 0 N–H and O–H groups in total. The highest BCUT2D eigenvalue weighted by Gasteiger charge is 2.54. The van der Waals surface area contributed by atoms with Crippen molar-refractivity contribution in [2.45, 2.75) is 51.0 Å². The molecule has 0 spiro atoms. The van der Waals surface area contributed by atoms with Crippen molar-refractivity contribution in [1.29, 1.82) is 0 Å². The topological polar surface area (TPSA) is 38.1 Å². The molecule has 0 aliphatic heterocycles. The second kappa shape index (κ2) is 7.33. The Morgan fingerprint density at radius 1 is 0.906 bits per heavy atom. The summed E-state index contributed by atoms with van der Waals surface area (Å²) in [5, 5.41) is 4.97. The highest BCUT2D eigenvalue weighted by atomic mass is 16.2. The van der Waals surface area contributed by atoms with Gasteiger partial charge in [0.1, 0.15) is 5.69 Å². The van der Waals surface area contributed by atoms with Gasteiger partial charge in [-0.2, -0.15) is 5.10 Å². The summed E-state index contributed by atoms with van der Waals surface area (Å²) in [6, 6.07) is 20.3. The quantitative estimate of drug-likeness (QED) is 0.523. The number of hydrogen-bond donors (Lipinski definition) is 0. The highest BCUT2D eigenvalue weighted by molar-refractivity contribution is 6.01. The van der Waals surface area contributed by atoms with E-state index in [1.807, 2.05) is 60.1 Å². The molecular weight excluding hydrogens is 394 g/mol. The summed E-state index contributed by atoms with van der Waals surface area (Å²) in [6.45, 7) is 2.03. The number of amides is 1. The number of para-hydroxylation sites is 1. The summed E-state index contributed by atoms with van der Waals surface area (Å²) in [6.07, 6.45) is 7.65. The summed E-state index contributed by atoms with van der Waals surface area (Å²) >= 11 is 0. The fourth-order valence-electron chi connectivity index (χ4n) is 7.24. The minimum atomic E-state index is 0.0288. The fourth-order valence-corrected chi connectivity index (χ4v) is 7.24. The third-order valence-electron chi connectivity index (χ3n) is 8.40. The van der Waals surface area contributed by atoms with Gasteiger partial charge < -0.3 is 4.90 Å². The van der Waals surface area contributed by atoms with Gasteiger partial charge in [-0.1, -0.05) is 48.5 Å². The maximum absolute atomic E-state index is 14.2. The van der Waals surface area contributed by atoms with Crippen LogP contribution in [-0.4, -0.2) is 33.2 Å². The van der Waals surface area contributed by atoms with Crippen molar-refractivity contribution in [3.05, 3.63) is 71.9 Å². The van der Waals surface area contributed by atoms with E-state index in [2.05, 4.69) is 24.1 Å². The molecule has 4 aliphatic rings. The molecule has 1 amide bonds. The van der Waals surface area contributed by atoms with Crippen LogP contribution < -0.4 is 0 Å². The van der Waals surface area contributed by atoms with Crippen molar-refractivity contribution in [3.8, 4) is 16.9 Å². The number of carbonyl (C=O) groups is 1. The largest absolute Gasteiger partial charge is 0.336 e. The van der Waals surface area contributed by atoms with E-state index < -0.39 is 0 Å². The van der Waals surface area contributed by atoms with E-state index >= 15 is 0 Å². The SMILES string of the molecule is Cc1c(C(=O)N(C)C23CC4CC(CC(C4)C2)C3)c(-c2ccccc2)nn1-c1ccccc1. The number of aromatic nitrogens is 2. The predicted octanol–water partition coefficient (Wildman–Crippen LogP) is 5.89. The molecular formula is C28H31N3O. The Morgan fingerprint density at radius 3 is 2.00 bits per heavy atom. The maximum atomic E-state index is 14.2. The van der Waals surface area contributed by atoms with E-state index in [9.17, 15) is 4.79 Å². The van der Waals surface area contributed by atoms with Crippen LogP contribution in [0.4, 0.5) is 0 Å². The number of nitrogens with zero attached hydrogens (tertiary/aromatic N) is 3. The van der Waals surface area contributed by atoms with Gasteiger partial charge in [0.25, 0.3) is 5.91 Å². The first-order chi connectivity index (χ1) is 15.5. The van der Waals surface area contributed by atoms with E-state index in [4.69, 9.17) is 5.10 Å². The second-order valence-corrected chi connectivity index (χ2v) is 10.4. The average Bonchev–Trinajstić information content (AvgIpc) is 3.15. The third kappa shape index (κ3) is 3.03. The van der Waals surface area contributed by atoms with E-state index in [0.29, 0.717) is 0 Å². The Morgan fingerprint density at radius 2 is 1.44 bits per heavy atom. The predicted molar refractivity (Wildman–Crippen MR) is 127 cm³/mol. The van der Waals surface area contributed by atoms with E-state index in [1.54, 1.807) is 0 Å². The van der Waals surface area contributed by atoms with E-state index in [-0.39, 0.29) is 11.4 Å². The van der Waals surface area contributed by atoms with Crippen LogP contribution in [0.3, 0.4) is 0 Å². The van der Waals surface area contributed by atoms with Gasteiger partial charge in [0, 0.05) is 18.2 Å². The van der Waals surface area contributed by atoms with Crippen molar-refractivity contribution in [3.63, 3.8) is 0 Å². The summed E-state index contributed by atoms with van der Waals surface area (Å²) in [5.41, 5.74) is 4.45. The van der Waals surface area contributed by atoms with Crippen LogP contribution in [0, 0.1) is 24.7 Å². The molecule has 4 heteroatoms. The second-order valence-electron chi connectivity index (χ2n) is 10.4. The molecule has 3 aromatic rings. The lowest BCUT2D eigenvalue weighted by molar-refractivity contribution is -0.0665. The zero-order valence-electron chi connectivity index (χ0n) is 19.0. The molecule has 164 valence electrons. The van der Waals surface area contributed by atoms with Gasteiger partial charge in [-0.3, -0.25) is 4.79 Å². The van der Waals surface area contributed by atoms with Gasteiger partial charge in [-0.15, -0.1) is 0 Å². The zero-order valence-corrected chi connectivity index (χ0v) is 19.0. The summed E-state index contributed by atoms with van der Waals surface area (Å²) in [7, 11) is 2.06. The lowest BCUT2D eigenvalue weighted by atomic mass is 9.52. The molecule has 4 nitrogen and oxygen atoms in total. The zero-order chi connectivity index (χ0) is 21.9. The Balaban J connectivity index is 1.44. The van der Waals surface area contributed by atoms with Gasteiger partial charge in [0.15, 0.2) is 0 Å². The Bertz CT molecular complexity index is 1110. The first-order valence-electron chi connectivity index (χ1n) is 12.0. The van der Waals surface area contributed by atoms with Crippen LogP contribution >= 0.6 is 0 Å². The lowest BCUT2D eigenvalue weighted by Gasteiger charge is -2.59.